The molecule has 2 rings (SSSR count). The van der Waals surface area contributed by atoms with Gasteiger partial charge in [-0.15, -0.1) is 11.3 Å². The smallest absolute Gasteiger partial charge is 0.504 e. The summed E-state index contributed by atoms with van der Waals surface area (Å²) in [5.74, 6) is -1.55. The van der Waals surface area contributed by atoms with Crippen molar-refractivity contribution in [3.8, 4) is 5.75 Å². The molecule has 0 aliphatic rings. The maximum Gasteiger partial charge on any atom is 0.514 e. The maximum absolute atomic E-state index is 12.3. The minimum absolute atomic E-state index is 0.0192. The van der Waals surface area contributed by atoms with Gasteiger partial charge in [0.1, 0.15) is 16.4 Å². The van der Waals surface area contributed by atoms with Crippen LogP contribution in [-0.2, 0) is 4.74 Å². The normalized spacial score (nSPS) is 13.2. The number of aliphatic hydroxyl groups excluding tert-OH is 1. The molecule has 5 nitrogen and oxygen atoms in total. The van der Waals surface area contributed by atoms with Crippen molar-refractivity contribution in [2.75, 3.05) is 0 Å². The molecule has 130 valence electrons. The third-order valence-corrected chi connectivity index (χ3v) is 3.48. The maximum atomic E-state index is 12.3. The highest BCUT2D eigenvalue weighted by molar-refractivity contribution is 7.19. The fraction of sp³-hybridized carbons (Fsp3) is 0.333. The Labute approximate surface area is 139 Å². The van der Waals surface area contributed by atoms with Crippen LogP contribution >= 0.6 is 11.3 Å². The highest BCUT2D eigenvalue weighted by atomic mass is 32.1. The van der Waals surface area contributed by atoms with Crippen LogP contribution in [-0.4, -0.2) is 28.0 Å². The highest BCUT2D eigenvalue weighted by Gasteiger charge is 2.34. The second-order valence-corrected chi connectivity index (χ2v) is 6.84. The van der Waals surface area contributed by atoms with E-state index in [9.17, 15) is 18.0 Å². The van der Waals surface area contributed by atoms with Gasteiger partial charge < -0.3 is 14.6 Å². The summed E-state index contributed by atoms with van der Waals surface area (Å²) in [7, 11) is 0. The molecule has 0 aliphatic carbocycles. The Morgan fingerprint density at radius 3 is 2.54 bits per heavy atom. The number of hydrogen-bond donors (Lipinski definition) is 1. The number of nitrogens with zero attached hydrogens (tertiary/aromatic N) is 1. The van der Waals surface area contributed by atoms with Gasteiger partial charge in [0.2, 0.25) is 5.76 Å². The molecule has 24 heavy (non-hydrogen) atoms. The Hall–Kier alpha value is -2.29. The van der Waals surface area contributed by atoms with E-state index in [1.807, 2.05) is 0 Å². The number of benzene rings is 1. The molecule has 1 aromatic carbocycles. The summed E-state index contributed by atoms with van der Waals surface area (Å²) in [4.78, 5) is 15.6. The molecule has 0 unspecified atom stereocenters. The summed E-state index contributed by atoms with van der Waals surface area (Å²) < 4.78 is 47.5. The molecule has 0 atom stereocenters. The van der Waals surface area contributed by atoms with E-state index in [-0.39, 0.29) is 10.8 Å². The van der Waals surface area contributed by atoms with Crippen molar-refractivity contribution >= 4 is 33.8 Å². The molecule has 1 aromatic heterocycles. The molecule has 0 aliphatic heterocycles. The van der Waals surface area contributed by atoms with Gasteiger partial charge in [0.25, 0.3) is 0 Å². The predicted octanol–water partition coefficient (Wildman–Crippen LogP) is 5.07. The second kappa shape index (κ2) is 6.31. The molecular weight excluding hydrogens is 347 g/mol. The van der Waals surface area contributed by atoms with Crippen molar-refractivity contribution < 1.29 is 32.5 Å². The van der Waals surface area contributed by atoms with Gasteiger partial charge in [-0.05, 0) is 32.9 Å². The number of aliphatic hydroxyl groups is 1. The molecule has 0 saturated heterocycles. The molecule has 9 heteroatoms. The first-order chi connectivity index (χ1) is 10.9. The quantitative estimate of drug-likeness (QED) is 0.459. The van der Waals surface area contributed by atoms with E-state index in [0.717, 1.165) is 11.3 Å². The second-order valence-electron chi connectivity index (χ2n) is 5.78. The van der Waals surface area contributed by atoms with Crippen LogP contribution in [0.2, 0.25) is 0 Å². The van der Waals surface area contributed by atoms with Crippen molar-refractivity contribution in [3.63, 3.8) is 0 Å². The van der Waals surface area contributed by atoms with Gasteiger partial charge >= 0.3 is 12.3 Å². The van der Waals surface area contributed by atoms with Crippen molar-refractivity contribution in [3.05, 3.63) is 29.0 Å². The molecule has 0 spiro atoms. The lowest BCUT2D eigenvalue weighted by Gasteiger charge is -2.18. The molecule has 0 saturated carbocycles. The Morgan fingerprint density at radius 1 is 1.29 bits per heavy atom. The van der Waals surface area contributed by atoms with E-state index >= 15 is 0 Å². The molecule has 0 bridgehead atoms. The molecule has 0 fully saturated rings. The summed E-state index contributed by atoms with van der Waals surface area (Å²) in [5.41, 5.74) is -0.295. The number of halogens is 3. The number of carbonyl (C=O) groups excluding carboxylic acids is 1. The summed E-state index contributed by atoms with van der Waals surface area (Å²) >= 11 is 0.916. The summed E-state index contributed by atoms with van der Waals surface area (Å²) in [6, 6.07) is 4.40. The van der Waals surface area contributed by atoms with Crippen LogP contribution < -0.4 is 4.74 Å². The Bertz CT molecular complexity index is 790. The number of ether oxygens (including phenoxy) is 2. The third-order valence-electron chi connectivity index (χ3n) is 2.52. The zero-order chi connectivity index (χ0) is 18.1. The Balaban J connectivity index is 2.22. The van der Waals surface area contributed by atoms with E-state index in [1.165, 1.54) is 18.2 Å². The zero-order valence-corrected chi connectivity index (χ0v) is 13.8. The minimum atomic E-state index is -4.83. The lowest BCUT2D eigenvalue weighted by atomic mass is 10.2. The average Bonchev–Trinajstić information content (AvgIpc) is 2.76. The topological polar surface area (TPSA) is 68.7 Å². The Morgan fingerprint density at radius 2 is 1.96 bits per heavy atom. The van der Waals surface area contributed by atoms with E-state index in [0.29, 0.717) is 16.3 Å². The van der Waals surface area contributed by atoms with Gasteiger partial charge in [-0.1, -0.05) is 0 Å². The molecule has 1 N–H and O–H groups in total. The van der Waals surface area contributed by atoms with Gasteiger partial charge in [-0.25, -0.2) is 9.78 Å². The van der Waals surface area contributed by atoms with Gasteiger partial charge in [0.15, 0.2) is 0 Å². The van der Waals surface area contributed by atoms with E-state index in [1.54, 1.807) is 20.8 Å². The highest BCUT2D eigenvalue weighted by Crippen LogP contribution is 2.30. The summed E-state index contributed by atoms with van der Waals surface area (Å²) in [6.07, 6.45) is -5.18. The molecule has 1 heterocycles. The van der Waals surface area contributed by atoms with Crippen molar-refractivity contribution in [2.24, 2.45) is 0 Å². The van der Waals surface area contributed by atoms with E-state index in [4.69, 9.17) is 14.6 Å². The van der Waals surface area contributed by atoms with Crippen molar-refractivity contribution in [1.29, 1.82) is 0 Å². The van der Waals surface area contributed by atoms with Crippen LogP contribution in [0.5, 0.6) is 5.75 Å². The first-order valence-corrected chi connectivity index (χ1v) is 7.55. The predicted molar refractivity (Wildman–Crippen MR) is 83.1 cm³/mol. The fourth-order valence-corrected chi connectivity index (χ4v) is 2.55. The summed E-state index contributed by atoms with van der Waals surface area (Å²) in [6.45, 7) is 5.06. The van der Waals surface area contributed by atoms with Gasteiger partial charge in [0, 0.05) is 12.1 Å². The molecular formula is C15H14F3NO4S. The average molecular weight is 361 g/mol. The van der Waals surface area contributed by atoms with Gasteiger partial charge in [-0.3, -0.25) is 0 Å². The number of thiazole rings is 1. The lowest BCUT2D eigenvalue weighted by Crippen LogP contribution is -2.25. The molecule has 2 aromatic rings. The first kappa shape index (κ1) is 18.1. The number of alkyl halides is 3. The van der Waals surface area contributed by atoms with E-state index < -0.39 is 23.7 Å². The summed E-state index contributed by atoms with van der Waals surface area (Å²) in [5, 5.41) is 8.94. The van der Waals surface area contributed by atoms with E-state index in [2.05, 4.69) is 4.98 Å². The third kappa shape index (κ3) is 4.85. The monoisotopic (exact) mass is 361 g/mol. The number of carbonyl (C=O) groups is 1. The van der Waals surface area contributed by atoms with Crippen LogP contribution in [0.3, 0.4) is 0 Å². The fourth-order valence-electron chi connectivity index (χ4n) is 1.61. The first-order valence-electron chi connectivity index (χ1n) is 6.73. The molecule has 0 radical (unpaired) electrons. The largest absolute Gasteiger partial charge is 0.514 e. The van der Waals surface area contributed by atoms with Crippen molar-refractivity contribution in [1.82, 2.24) is 4.98 Å². The van der Waals surface area contributed by atoms with Crippen LogP contribution in [0.25, 0.3) is 16.3 Å². The van der Waals surface area contributed by atoms with Crippen LogP contribution in [0.1, 0.15) is 25.8 Å². The van der Waals surface area contributed by atoms with Gasteiger partial charge in [0.05, 0.1) is 10.2 Å². The van der Waals surface area contributed by atoms with Crippen molar-refractivity contribution in [2.45, 2.75) is 32.5 Å². The van der Waals surface area contributed by atoms with Crippen LogP contribution in [0.15, 0.2) is 24.0 Å². The zero-order valence-electron chi connectivity index (χ0n) is 13.0. The lowest BCUT2D eigenvalue weighted by molar-refractivity contribution is -0.119. The number of rotatable bonds is 2. The number of fused-ring (bicyclic) bond motifs is 1. The number of allylic oxidation sites excluding steroid dienone is 1. The SMILES string of the molecule is CC(C)(C)OC(=O)Oc1ccc2nc(C=C(O)C(F)(F)F)sc2c1. The number of hydrogen-bond acceptors (Lipinski definition) is 6. The molecule has 0 amide bonds. The van der Waals surface area contributed by atoms with Crippen LogP contribution in [0, 0.1) is 0 Å². The standard InChI is InChI=1S/C15H14F3NO4S/c1-14(2,3)23-13(21)22-8-4-5-9-10(6-8)24-12(19-9)7-11(20)15(16,17)18/h4-7,20H,1-3H3. The number of aromatic nitrogens is 1. The minimum Gasteiger partial charge on any atom is -0.504 e. The van der Waals surface area contributed by atoms with Crippen LogP contribution in [0.4, 0.5) is 18.0 Å². The van der Waals surface area contributed by atoms with Gasteiger partial charge in [-0.2, -0.15) is 13.2 Å². The Kier molecular flexibility index (Phi) is 4.75.